The first kappa shape index (κ1) is 14.5. The van der Waals surface area contributed by atoms with Gasteiger partial charge in [-0.25, -0.2) is 8.78 Å². The largest absolute Gasteiger partial charge is 0.489 e. The number of para-hydroxylation sites is 1. The molecular weight excluding hydrogens is 242 g/mol. The zero-order valence-corrected chi connectivity index (χ0v) is 10.4. The Bertz CT molecular complexity index is 398. The predicted molar refractivity (Wildman–Crippen MR) is 67.1 cm³/mol. The van der Waals surface area contributed by atoms with Gasteiger partial charge in [0, 0.05) is 0 Å². The van der Waals surface area contributed by atoms with Crippen molar-refractivity contribution in [1.29, 1.82) is 0 Å². The molecule has 0 fully saturated rings. The first-order valence-electron chi connectivity index (χ1n) is 5.63. The third-order valence-corrected chi connectivity index (χ3v) is 2.20. The van der Waals surface area contributed by atoms with E-state index in [0.717, 1.165) is 0 Å². The number of rotatable bonds is 6. The van der Waals surface area contributed by atoms with E-state index in [9.17, 15) is 8.78 Å². The van der Waals surface area contributed by atoms with Crippen LogP contribution in [0.3, 0.4) is 0 Å². The van der Waals surface area contributed by atoms with Gasteiger partial charge in [-0.1, -0.05) is 6.07 Å². The summed E-state index contributed by atoms with van der Waals surface area (Å²) in [5, 5.41) is 11.0. The number of ether oxygens (including phenoxy) is 1. The van der Waals surface area contributed by atoms with E-state index in [1.165, 1.54) is 0 Å². The van der Waals surface area contributed by atoms with E-state index in [1.807, 2.05) is 13.8 Å². The number of aliphatic hydroxyl groups excluding tert-OH is 1. The molecule has 0 saturated carbocycles. The number of hydrogen-bond donors (Lipinski definition) is 3. The van der Waals surface area contributed by atoms with Crippen LogP contribution in [0.1, 0.15) is 13.8 Å². The summed E-state index contributed by atoms with van der Waals surface area (Å²) in [4.78, 5) is 0. The minimum atomic E-state index is -3.18. The molecule has 0 saturated heterocycles. The summed E-state index contributed by atoms with van der Waals surface area (Å²) in [5.74, 6) is -2.73. The second-order valence-corrected chi connectivity index (χ2v) is 4.25. The highest BCUT2D eigenvalue weighted by atomic mass is 19.3. The number of nitrogen functional groups attached to an aromatic ring is 1. The zero-order chi connectivity index (χ0) is 13.8. The Hall–Kier alpha value is -1.56. The third kappa shape index (κ3) is 4.03. The molecule has 0 unspecified atom stereocenters. The molecule has 0 bridgehead atoms. The lowest BCUT2D eigenvalue weighted by molar-refractivity contribution is -0.0372. The predicted octanol–water partition coefficient (Wildman–Crippen LogP) is 2.10. The Balaban J connectivity index is 2.78. The lowest BCUT2D eigenvalue weighted by atomic mass is 10.2. The number of halogens is 2. The summed E-state index contributed by atoms with van der Waals surface area (Å²) < 4.78 is 31.2. The summed E-state index contributed by atoms with van der Waals surface area (Å²) in [6.45, 7) is 1.81. The van der Waals surface area contributed by atoms with Crippen molar-refractivity contribution in [1.82, 2.24) is 0 Å². The van der Waals surface area contributed by atoms with Crippen molar-refractivity contribution in [2.24, 2.45) is 0 Å². The quantitative estimate of drug-likeness (QED) is 0.685. The standard InChI is InChI=1S/C12H18F2N2O2/c1-8(2)18-10-5-3-4-9(11(10)15)16-6-12(13,14)7-17/h3-5,8,16-17H,6-7,15H2,1-2H3. The SMILES string of the molecule is CC(C)Oc1cccc(NCC(F)(F)CO)c1N. The van der Waals surface area contributed by atoms with Crippen molar-refractivity contribution in [3.63, 3.8) is 0 Å². The van der Waals surface area contributed by atoms with Gasteiger partial charge in [-0.15, -0.1) is 0 Å². The third-order valence-electron chi connectivity index (χ3n) is 2.20. The fourth-order valence-corrected chi connectivity index (χ4v) is 1.34. The molecule has 1 aromatic carbocycles. The van der Waals surface area contributed by atoms with Gasteiger partial charge >= 0.3 is 0 Å². The van der Waals surface area contributed by atoms with E-state index in [4.69, 9.17) is 15.6 Å². The molecule has 102 valence electrons. The highest BCUT2D eigenvalue weighted by molar-refractivity contribution is 5.73. The smallest absolute Gasteiger partial charge is 0.287 e. The maximum absolute atomic E-state index is 12.9. The Labute approximate surface area is 105 Å². The van der Waals surface area contributed by atoms with Gasteiger partial charge < -0.3 is 20.9 Å². The molecular formula is C12H18F2N2O2. The lowest BCUT2D eigenvalue weighted by Crippen LogP contribution is -2.31. The minimum Gasteiger partial charge on any atom is -0.489 e. The van der Waals surface area contributed by atoms with Gasteiger partial charge in [0.2, 0.25) is 0 Å². The molecule has 0 aromatic heterocycles. The van der Waals surface area contributed by atoms with Gasteiger partial charge in [0.25, 0.3) is 5.92 Å². The summed E-state index contributed by atoms with van der Waals surface area (Å²) >= 11 is 0. The molecule has 0 spiro atoms. The number of aliphatic hydroxyl groups is 1. The zero-order valence-electron chi connectivity index (χ0n) is 10.4. The molecule has 4 nitrogen and oxygen atoms in total. The fraction of sp³-hybridized carbons (Fsp3) is 0.500. The van der Waals surface area contributed by atoms with Gasteiger partial charge in [-0.3, -0.25) is 0 Å². The van der Waals surface area contributed by atoms with Crippen LogP contribution in [0.4, 0.5) is 20.2 Å². The Kier molecular flexibility index (Phi) is 4.72. The number of alkyl halides is 2. The van der Waals surface area contributed by atoms with Crippen LogP contribution in [0, 0.1) is 0 Å². The number of anilines is 2. The van der Waals surface area contributed by atoms with Gasteiger partial charge in [0.05, 0.1) is 24.0 Å². The van der Waals surface area contributed by atoms with Crippen molar-refractivity contribution in [3.05, 3.63) is 18.2 Å². The molecule has 0 amide bonds. The highest BCUT2D eigenvalue weighted by Crippen LogP contribution is 2.30. The van der Waals surface area contributed by atoms with E-state index in [0.29, 0.717) is 11.4 Å². The van der Waals surface area contributed by atoms with E-state index in [1.54, 1.807) is 18.2 Å². The molecule has 4 N–H and O–H groups in total. The number of nitrogens with one attached hydrogen (secondary N) is 1. The van der Waals surface area contributed by atoms with Crippen LogP contribution in [-0.4, -0.2) is 30.3 Å². The molecule has 0 radical (unpaired) electrons. The number of benzene rings is 1. The van der Waals surface area contributed by atoms with Crippen molar-refractivity contribution < 1.29 is 18.6 Å². The number of nitrogens with two attached hydrogens (primary N) is 1. The Morgan fingerprint density at radius 2 is 2.11 bits per heavy atom. The second kappa shape index (κ2) is 5.86. The highest BCUT2D eigenvalue weighted by Gasteiger charge is 2.27. The molecule has 18 heavy (non-hydrogen) atoms. The molecule has 0 heterocycles. The first-order valence-corrected chi connectivity index (χ1v) is 5.63. The summed E-state index contributed by atoms with van der Waals surface area (Å²) in [7, 11) is 0. The van der Waals surface area contributed by atoms with E-state index < -0.39 is 19.1 Å². The van der Waals surface area contributed by atoms with Crippen LogP contribution in [0.2, 0.25) is 0 Å². The topological polar surface area (TPSA) is 67.5 Å². The molecule has 0 aliphatic carbocycles. The molecule has 1 aromatic rings. The van der Waals surface area contributed by atoms with Crippen LogP contribution in [0.5, 0.6) is 5.75 Å². The summed E-state index contributed by atoms with van der Waals surface area (Å²) in [6.07, 6.45) is -0.0542. The lowest BCUT2D eigenvalue weighted by Gasteiger charge is -2.18. The molecule has 0 atom stereocenters. The van der Waals surface area contributed by atoms with E-state index >= 15 is 0 Å². The van der Waals surface area contributed by atoms with Gasteiger partial charge in [-0.2, -0.15) is 0 Å². The van der Waals surface area contributed by atoms with Crippen molar-refractivity contribution in [3.8, 4) is 5.75 Å². The van der Waals surface area contributed by atoms with Gasteiger partial charge in [0.1, 0.15) is 12.4 Å². The molecule has 1 rings (SSSR count). The van der Waals surface area contributed by atoms with Gasteiger partial charge in [0.15, 0.2) is 0 Å². The Morgan fingerprint density at radius 3 is 2.67 bits per heavy atom. The minimum absolute atomic E-state index is 0.0542. The van der Waals surface area contributed by atoms with Crippen molar-refractivity contribution in [2.75, 3.05) is 24.2 Å². The second-order valence-electron chi connectivity index (χ2n) is 4.25. The fourth-order valence-electron chi connectivity index (χ4n) is 1.34. The van der Waals surface area contributed by atoms with Crippen molar-refractivity contribution in [2.45, 2.75) is 25.9 Å². The molecule has 0 aliphatic heterocycles. The Morgan fingerprint density at radius 1 is 1.44 bits per heavy atom. The number of hydrogen-bond acceptors (Lipinski definition) is 4. The maximum Gasteiger partial charge on any atom is 0.287 e. The normalized spacial score (nSPS) is 11.7. The van der Waals surface area contributed by atoms with E-state index in [2.05, 4.69) is 5.32 Å². The molecule has 0 aliphatic rings. The average Bonchev–Trinajstić information content (AvgIpc) is 2.30. The van der Waals surface area contributed by atoms with Gasteiger partial charge in [-0.05, 0) is 26.0 Å². The van der Waals surface area contributed by atoms with Crippen LogP contribution < -0.4 is 15.8 Å². The summed E-state index contributed by atoms with van der Waals surface area (Å²) in [6, 6.07) is 4.91. The van der Waals surface area contributed by atoms with Crippen LogP contribution in [-0.2, 0) is 0 Å². The first-order chi connectivity index (χ1) is 8.35. The maximum atomic E-state index is 12.9. The van der Waals surface area contributed by atoms with Crippen molar-refractivity contribution >= 4 is 11.4 Å². The average molecular weight is 260 g/mol. The van der Waals surface area contributed by atoms with Crippen LogP contribution in [0.25, 0.3) is 0 Å². The van der Waals surface area contributed by atoms with Crippen LogP contribution >= 0.6 is 0 Å². The monoisotopic (exact) mass is 260 g/mol. The molecule has 6 heteroatoms. The summed E-state index contributed by atoms with van der Waals surface area (Å²) in [5.41, 5.74) is 6.45. The van der Waals surface area contributed by atoms with Crippen LogP contribution in [0.15, 0.2) is 18.2 Å². The van der Waals surface area contributed by atoms with E-state index in [-0.39, 0.29) is 11.8 Å².